The lowest BCUT2D eigenvalue weighted by Crippen LogP contribution is -2.11. The number of nitrogens with two attached hydrogens (primary N) is 1. The summed E-state index contributed by atoms with van der Waals surface area (Å²) in [7, 11) is 2.98. The fraction of sp³-hybridized carbons (Fsp3) is 0.500. The highest BCUT2D eigenvalue weighted by Crippen LogP contribution is 2.31. The molecule has 0 spiro atoms. The molecule has 0 aliphatic carbocycles. The first-order valence-electron chi connectivity index (χ1n) is 6.40. The molecule has 0 saturated heterocycles. The monoisotopic (exact) mass is 283 g/mol. The summed E-state index contributed by atoms with van der Waals surface area (Å²) in [6.45, 7) is 3.39. The molecule has 0 amide bonds. The highest BCUT2D eigenvalue weighted by molar-refractivity contribution is 5.97. The van der Waals surface area contributed by atoms with Crippen LogP contribution in [-0.2, 0) is 9.47 Å². The maximum atomic E-state index is 12.0. The zero-order valence-electron chi connectivity index (χ0n) is 12.1. The quantitative estimate of drug-likeness (QED) is 0.445. The van der Waals surface area contributed by atoms with Gasteiger partial charge in [-0.15, -0.1) is 0 Å². The van der Waals surface area contributed by atoms with Crippen molar-refractivity contribution >= 4 is 11.7 Å². The summed E-state index contributed by atoms with van der Waals surface area (Å²) >= 11 is 0. The number of methoxy groups -OCH3 is 2. The van der Waals surface area contributed by atoms with Gasteiger partial charge in [0.25, 0.3) is 0 Å². The van der Waals surface area contributed by atoms with Gasteiger partial charge in [0.1, 0.15) is 11.5 Å². The van der Waals surface area contributed by atoms with E-state index in [-0.39, 0.29) is 17.9 Å². The number of hydrogen-bond donors (Lipinski definition) is 1. The number of esters is 1. The van der Waals surface area contributed by atoms with Gasteiger partial charge in [-0.3, -0.25) is 0 Å². The maximum absolute atomic E-state index is 12.0. The van der Waals surface area contributed by atoms with Crippen LogP contribution >= 0.6 is 0 Å². The molecule has 0 aromatic heterocycles. The summed E-state index contributed by atoms with van der Waals surface area (Å²) in [5, 5.41) is 0. The van der Waals surface area contributed by atoms with Crippen molar-refractivity contribution in [2.75, 3.05) is 39.8 Å². The zero-order valence-corrected chi connectivity index (χ0v) is 12.1. The molecule has 6 nitrogen and oxygen atoms in total. The summed E-state index contributed by atoms with van der Waals surface area (Å²) in [5.41, 5.74) is 6.34. The first kappa shape index (κ1) is 16.1. The third-order valence-corrected chi connectivity index (χ3v) is 2.66. The number of carbonyl (C=O) groups excluding carboxylic acids is 1. The lowest BCUT2D eigenvalue weighted by molar-refractivity contribution is 0.0453. The van der Waals surface area contributed by atoms with Gasteiger partial charge in [-0.05, 0) is 13.0 Å². The molecule has 0 aliphatic rings. The number of benzene rings is 1. The van der Waals surface area contributed by atoms with Crippen LogP contribution in [0.5, 0.6) is 11.5 Å². The van der Waals surface area contributed by atoms with Gasteiger partial charge in [-0.2, -0.15) is 0 Å². The number of nitrogen functional groups attached to an aromatic ring is 1. The SMILES string of the molecule is CCOCCCOC(=O)c1cc(OC)cc(OC)c1N. The second-order valence-corrected chi connectivity index (χ2v) is 3.98. The van der Waals surface area contributed by atoms with E-state index in [0.29, 0.717) is 31.1 Å². The Bertz CT molecular complexity index is 447. The molecule has 0 radical (unpaired) electrons. The molecule has 0 aliphatic heterocycles. The van der Waals surface area contributed by atoms with Gasteiger partial charge in [0.2, 0.25) is 0 Å². The van der Waals surface area contributed by atoms with Crippen LogP contribution in [0, 0.1) is 0 Å². The van der Waals surface area contributed by atoms with Gasteiger partial charge in [0.05, 0.1) is 32.1 Å². The van der Waals surface area contributed by atoms with Crippen molar-refractivity contribution in [3.05, 3.63) is 17.7 Å². The van der Waals surface area contributed by atoms with Crippen LogP contribution in [0.25, 0.3) is 0 Å². The maximum Gasteiger partial charge on any atom is 0.340 e. The Morgan fingerprint density at radius 1 is 1.20 bits per heavy atom. The molecule has 0 bridgehead atoms. The predicted molar refractivity (Wildman–Crippen MR) is 75.4 cm³/mol. The average Bonchev–Trinajstić information content (AvgIpc) is 2.47. The minimum atomic E-state index is -0.504. The Hall–Kier alpha value is -1.95. The van der Waals surface area contributed by atoms with Crippen molar-refractivity contribution in [1.29, 1.82) is 0 Å². The van der Waals surface area contributed by atoms with Crippen molar-refractivity contribution in [3.8, 4) is 11.5 Å². The third kappa shape index (κ3) is 4.31. The molecule has 1 aromatic rings. The predicted octanol–water partition coefficient (Wildman–Crippen LogP) is 1.87. The molecule has 1 aromatic carbocycles. The zero-order chi connectivity index (χ0) is 15.0. The van der Waals surface area contributed by atoms with Crippen molar-refractivity contribution in [1.82, 2.24) is 0 Å². The summed E-state index contributed by atoms with van der Waals surface area (Å²) in [6, 6.07) is 3.14. The first-order valence-corrected chi connectivity index (χ1v) is 6.40. The first-order chi connectivity index (χ1) is 9.63. The molecular formula is C14H21NO5. The van der Waals surface area contributed by atoms with Crippen molar-refractivity contribution < 1.29 is 23.7 Å². The molecule has 0 unspecified atom stereocenters. The topological polar surface area (TPSA) is 80.0 Å². The Morgan fingerprint density at radius 2 is 1.95 bits per heavy atom. The van der Waals surface area contributed by atoms with Crippen LogP contribution in [0.1, 0.15) is 23.7 Å². The summed E-state index contributed by atoms with van der Waals surface area (Å²) in [4.78, 5) is 12.0. The van der Waals surface area contributed by atoms with Crippen LogP contribution in [0.4, 0.5) is 5.69 Å². The van der Waals surface area contributed by atoms with Crippen LogP contribution in [0.15, 0.2) is 12.1 Å². The smallest absolute Gasteiger partial charge is 0.340 e. The number of ether oxygens (including phenoxy) is 4. The van der Waals surface area contributed by atoms with E-state index >= 15 is 0 Å². The van der Waals surface area contributed by atoms with Crippen molar-refractivity contribution in [3.63, 3.8) is 0 Å². The molecule has 0 saturated carbocycles. The summed E-state index contributed by atoms with van der Waals surface area (Å²) in [6.07, 6.45) is 0.639. The normalized spacial score (nSPS) is 10.2. The van der Waals surface area contributed by atoms with Gasteiger partial charge in [-0.25, -0.2) is 4.79 Å². The molecular weight excluding hydrogens is 262 g/mol. The third-order valence-electron chi connectivity index (χ3n) is 2.66. The van der Waals surface area contributed by atoms with E-state index in [9.17, 15) is 4.79 Å². The van der Waals surface area contributed by atoms with E-state index in [1.807, 2.05) is 6.92 Å². The Morgan fingerprint density at radius 3 is 2.55 bits per heavy atom. The molecule has 112 valence electrons. The fourth-order valence-corrected chi connectivity index (χ4v) is 1.60. The highest BCUT2D eigenvalue weighted by atomic mass is 16.5. The van der Waals surface area contributed by atoms with Crippen LogP contribution < -0.4 is 15.2 Å². The number of hydrogen-bond acceptors (Lipinski definition) is 6. The van der Waals surface area contributed by atoms with Crippen LogP contribution in [0.2, 0.25) is 0 Å². The molecule has 1 rings (SSSR count). The average molecular weight is 283 g/mol. The molecule has 0 fully saturated rings. The number of rotatable bonds is 8. The summed E-state index contributed by atoms with van der Waals surface area (Å²) in [5.74, 6) is 0.360. The van der Waals surface area contributed by atoms with Crippen LogP contribution in [-0.4, -0.2) is 40.0 Å². The number of anilines is 1. The van der Waals surface area contributed by atoms with E-state index < -0.39 is 5.97 Å². The van der Waals surface area contributed by atoms with Gasteiger partial charge < -0.3 is 24.7 Å². The Kier molecular flexibility index (Phi) is 6.66. The molecule has 20 heavy (non-hydrogen) atoms. The van der Waals surface area contributed by atoms with Gasteiger partial charge in [0, 0.05) is 25.7 Å². The minimum absolute atomic E-state index is 0.234. The van der Waals surface area contributed by atoms with Gasteiger partial charge in [0.15, 0.2) is 0 Å². The Labute approximate surface area is 118 Å². The Balaban J connectivity index is 2.71. The van der Waals surface area contributed by atoms with Crippen molar-refractivity contribution in [2.45, 2.75) is 13.3 Å². The van der Waals surface area contributed by atoms with E-state index in [1.165, 1.54) is 20.3 Å². The van der Waals surface area contributed by atoms with Crippen molar-refractivity contribution in [2.24, 2.45) is 0 Å². The van der Waals surface area contributed by atoms with Gasteiger partial charge >= 0.3 is 5.97 Å². The van der Waals surface area contributed by atoms with Gasteiger partial charge in [-0.1, -0.05) is 0 Å². The largest absolute Gasteiger partial charge is 0.497 e. The van der Waals surface area contributed by atoms with E-state index in [4.69, 9.17) is 24.7 Å². The standard InChI is InChI=1S/C14H21NO5/c1-4-19-6-5-7-20-14(16)11-8-10(17-2)9-12(18-3)13(11)15/h8-9H,4-7,15H2,1-3H3. The highest BCUT2D eigenvalue weighted by Gasteiger charge is 2.17. The molecule has 2 N–H and O–H groups in total. The number of carbonyl (C=O) groups is 1. The lowest BCUT2D eigenvalue weighted by Gasteiger charge is -2.12. The molecule has 0 heterocycles. The van der Waals surface area contributed by atoms with E-state index in [1.54, 1.807) is 6.07 Å². The minimum Gasteiger partial charge on any atom is -0.497 e. The summed E-state index contributed by atoms with van der Waals surface area (Å²) < 4.78 is 20.5. The second kappa shape index (κ2) is 8.27. The molecule has 0 atom stereocenters. The van der Waals surface area contributed by atoms with E-state index in [0.717, 1.165) is 0 Å². The molecule has 6 heteroatoms. The van der Waals surface area contributed by atoms with Crippen LogP contribution in [0.3, 0.4) is 0 Å². The fourth-order valence-electron chi connectivity index (χ4n) is 1.60. The second-order valence-electron chi connectivity index (χ2n) is 3.98. The lowest BCUT2D eigenvalue weighted by atomic mass is 10.1. The van der Waals surface area contributed by atoms with E-state index in [2.05, 4.69) is 0 Å².